The maximum Gasteiger partial charge on any atom is 0.338 e. The molecule has 0 aliphatic carbocycles. The first-order chi connectivity index (χ1) is 13.6. The molecule has 1 fully saturated rings. The molecule has 0 unspecified atom stereocenters. The van der Waals surface area contributed by atoms with E-state index in [0.717, 1.165) is 26.3 Å². The minimum atomic E-state index is -2.09. The zero-order valence-corrected chi connectivity index (χ0v) is 26.7. The van der Waals surface area contributed by atoms with Gasteiger partial charge in [-0.3, -0.25) is 0 Å². The van der Waals surface area contributed by atoms with Crippen LogP contribution in [0.4, 0.5) is 0 Å². The summed E-state index contributed by atoms with van der Waals surface area (Å²) >= 11 is 0. The van der Waals surface area contributed by atoms with Crippen LogP contribution in [0.1, 0.15) is 12.8 Å². The lowest BCUT2D eigenvalue weighted by Gasteiger charge is -2.37. The Bertz CT molecular complexity index is 390. The quantitative estimate of drug-likeness (QED) is 0.390. The summed E-state index contributed by atoms with van der Waals surface area (Å²) < 4.78 is 19.0. The SMILES string of the molecule is CN1CCO[Si](CCCN([SiH](C)C)[SiH](C)C)(CCCN([SiH](C)C)[SiH](C)C)OCC1. The first-order valence-corrected chi connectivity index (χ1v) is 25.6. The molecule has 0 aromatic heterocycles. The summed E-state index contributed by atoms with van der Waals surface area (Å²) in [5.41, 5.74) is 0. The fraction of sp³-hybridized carbons (Fsp3) is 1.00. The molecule has 1 heterocycles. The van der Waals surface area contributed by atoms with Crippen LogP contribution < -0.4 is 0 Å². The first kappa shape index (κ1) is 27.9. The van der Waals surface area contributed by atoms with E-state index in [1.54, 1.807) is 0 Å². The maximum atomic E-state index is 6.63. The Balaban J connectivity index is 2.73. The van der Waals surface area contributed by atoms with E-state index >= 15 is 0 Å². The Hall–Kier alpha value is 0.884. The average molecular weight is 494 g/mol. The second-order valence-electron chi connectivity index (χ2n) is 9.97. The van der Waals surface area contributed by atoms with Crippen molar-refractivity contribution in [2.45, 2.75) is 77.3 Å². The van der Waals surface area contributed by atoms with Gasteiger partial charge in [0.15, 0.2) is 0 Å². The Morgan fingerprint density at radius 3 is 1.34 bits per heavy atom. The van der Waals surface area contributed by atoms with Crippen LogP contribution in [0.3, 0.4) is 0 Å². The summed E-state index contributed by atoms with van der Waals surface area (Å²) in [5.74, 6) is 0. The number of likely N-dealkylation sites (N-methyl/N-ethyl adjacent to an activating group) is 1. The molecular formula is C19H51N3O2Si5. The van der Waals surface area contributed by atoms with Crippen LogP contribution in [0.15, 0.2) is 0 Å². The van der Waals surface area contributed by atoms with Crippen molar-refractivity contribution in [2.75, 3.05) is 46.4 Å². The van der Waals surface area contributed by atoms with Crippen molar-refractivity contribution in [2.24, 2.45) is 0 Å². The van der Waals surface area contributed by atoms with Crippen LogP contribution in [0, 0.1) is 0 Å². The third kappa shape index (κ3) is 10.4. The molecule has 1 rings (SSSR count). The van der Waals surface area contributed by atoms with Crippen molar-refractivity contribution in [1.82, 2.24) is 13.4 Å². The van der Waals surface area contributed by atoms with Crippen LogP contribution in [0.2, 0.25) is 64.5 Å². The summed E-state index contributed by atoms with van der Waals surface area (Å²) in [6.07, 6.45) is 2.53. The van der Waals surface area contributed by atoms with Crippen LogP contribution >= 0.6 is 0 Å². The molecule has 10 heteroatoms. The van der Waals surface area contributed by atoms with Crippen molar-refractivity contribution in [3.63, 3.8) is 0 Å². The van der Waals surface area contributed by atoms with Crippen molar-refractivity contribution in [3.05, 3.63) is 0 Å². The summed E-state index contributed by atoms with van der Waals surface area (Å²) in [7, 11) is -2.70. The number of nitrogens with zero attached hydrogens (tertiary/aromatic N) is 3. The fourth-order valence-corrected chi connectivity index (χ4v) is 20.2. The van der Waals surface area contributed by atoms with E-state index in [-0.39, 0.29) is 0 Å². The zero-order chi connectivity index (χ0) is 22.0. The van der Waals surface area contributed by atoms with Gasteiger partial charge in [-0.05, 0) is 45.1 Å². The summed E-state index contributed by atoms with van der Waals surface area (Å²) in [4.78, 5) is 2.34. The first-order valence-electron chi connectivity index (χ1n) is 12.1. The smallest absolute Gasteiger partial charge is 0.338 e. The van der Waals surface area contributed by atoms with Gasteiger partial charge in [0.05, 0.1) is 35.8 Å². The molecule has 1 saturated heterocycles. The highest BCUT2D eigenvalue weighted by molar-refractivity contribution is 6.70. The normalized spacial score (nSPS) is 19.1. The lowest BCUT2D eigenvalue weighted by atomic mass is 10.5. The minimum absolute atomic E-state index is 0.699. The molecule has 174 valence electrons. The highest BCUT2D eigenvalue weighted by Crippen LogP contribution is 2.25. The molecule has 0 N–H and O–H groups in total. The van der Waals surface area contributed by atoms with Crippen LogP contribution in [-0.2, 0) is 8.85 Å². The molecule has 5 nitrogen and oxygen atoms in total. The third-order valence-electron chi connectivity index (χ3n) is 6.28. The summed E-state index contributed by atoms with van der Waals surface area (Å²) in [6, 6.07) is 2.38. The third-order valence-corrected chi connectivity index (χ3v) is 23.5. The highest BCUT2D eigenvalue weighted by atomic mass is 28.4. The molecule has 0 amide bonds. The Morgan fingerprint density at radius 2 is 1.03 bits per heavy atom. The predicted octanol–water partition coefficient (Wildman–Crippen LogP) is 2.72. The molecule has 0 aromatic rings. The van der Waals surface area contributed by atoms with E-state index in [9.17, 15) is 0 Å². The van der Waals surface area contributed by atoms with Crippen molar-refractivity contribution < 1.29 is 8.85 Å². The molecule has 1 aliphatic rings. The van der Waals surface area contributed by atoms with E-state index in [0.29, 0.717) is 0 Å². The monoisotopic (exact) mass is 493 g/mol. The molecule has 1 aliphatic heterocycles. The lowest BCUT2D eigenvalue weighted by molar-refractivity contribution is 0.104. The van der Waals surface area contributed by atoms with Crippen LogP contribution in [-0.4, -0.2) is 104 Å². The number of hydrogen-bond acceptors (Lipinski definition) is 5. The van der Waals surface area contributed by atoms with E-state index in [4.69, 9.17) is 8.85 Å². The average Bonchev–Trinajstić information content (AvgIpc) is 2.59. The Morgan fingerprint density at radius 1 is 0.690 bits per heavy atom. The molecule has 0 spiro atoms. The van der Waals surface area contributed by atoms with Gasteiger partial charge in [-0.1, -0.05) is 52.4 Å². The van der Waals surface area contributed by atoms with Gasteiger partial charge in [0, 0.05) is 26.3 Å². The number of hydrogen-bond donors (Lipinski definition) is 0. The minimum Gasteiger partial charge on any atom is -0.393 e. The van der Waals surface area contributed by atoms with Crippen LogP contribution in [0.25, 0.3) is 0 Å². The van der Waals surface area contributed by atoms with E-state index in [2.05, 4.69) is 72.8 Å². The van der Waals surface area contributed by atoms with Crippen molar-refractivity contribution in [3.8, 4) is 0 Å². The lowest BCUT2D eigenvalue weighted by Crippen LogP contribution is -2.50. The van der Waals surface area contributed by atoms with Gasteiger partial charge in [0.1, 0.15) is 0 Å². The molecule has 29 heavy (non-hydrogen) atoms. The van der Waals surface area contributed by atoms with Crippen molar-refractivity contribution >= 4 is 44.4 Å². The second-order valence-corrected chi connectivity index (χ2v) is 26.0. The van der Waals surface area contributed by atoms with Gasteiger partial charge in [-0.25, -0.2) is 0 Å². The second kappa shape index (κ2) is 14.1. The van der Waals surface area contributed by atoms with E-state index in [1.165, 1.54) is 38.0 Å². The Kier molecular flexibility index (Phi) is 13.6. The maximum absolute atomic E-state index is 6.63. The topological polar surface area (TPSA) is 28.2 Å². The molecule has 0 aromatic carbocycles. The standard InChI is InChI=1S/C19H51N3O2Si5/c1-20-14-16-23-29(24-17-15-20,18-10-12-21(25(2)3)26(4)5)19-11-13-22(27(6)7)28(8)9/h25-28H,10-19H2,1-9H3. The van der Waals surface area contributed by atoms with E-state index in [1.807, 2.05) is 0 Å². The van der Waals surface area contributed by atoms with Crippen LogP contribution in [0.5, 0.6) is 0 Å². The summed E-state index contributed by atoms with van der Waals surface area (Å²) in [5, 5.41) is 0. The molecular weight excluding hydrogens is 443 g/mol. The van der Waals surface area contributed by atoms with Crippen molar-refractivity contribution in [1.29, 1.82) is 0 Å². The predicted molar refractivity (Wildman–Crippen MR) is 143 cm³/mol. The number of rotatable bonds is 12. The molecule has 0 radical (unpaired) electrons. The largest absolute Gasteiger partial charge is 0.393 e. The Labute approximate surface area is 190 Å². The van der Waals surface area contributed by atoms with Gasteiger partial charge < -0.3 is 22.2 Å². The molecule has 0 saturated carbocycles. The van der Waals surface area contributed by atoms with Gasteiger partial charge in [-0.15, -0.1) is 0 Å². The fourth-order valence-electron chi connectivity index (χ4n) is 4.63. The summed E-state index contributed by atoms with van der Waals surface area (Å²) in [6.45, 7) is 26.2. The highest BCUT2D eigenvalue weighted by Gasteiger charge is 2.38. The van der Waals surface area contributed by atoms with Gasteiger partial charge in [0.25, 0.3) is 0 Å². The molecule has 0 bridgehead atoms. The van der Waals surface area contributed by atoms with Gasteiger partial charge >= 0.3 is 8.56 Å². The van der Waals surface area contributed by atoms with Gasteiger partial charge in [-0.2, -0.15) is 0 Å². The van der Waals surface area contributed by atoms with E-state index < -0.39 is 44.4 Å². The molecule has 0 atom stereocenters. The zero-order valence-electron chi connectivity index (χ0n) is 21.0. The van der Waals surface area contributed by atoms with Gasteiger partial charge in [0.2, 0.25) is 0 Å².